The second kappa shape index (κ2) is 4.64. The van der Waals surface area contributed by atoms with Gasteiger partial charge in [-0.15, -0.1) is 0 Å². The minimum Gasteiger partial charge on any atom is -0.399 e. The van der Waals surface area contributed by atoms with Gasteiger partial charge in [-0.1, -0.05) is 6.07 Å². The van der Waals surface area contributed by atoms with E-state index >= 15 is 0 Å². The van der Waals surface area contributed by atoms with E-state index in [4.69, 9.17) is 5.73 Å². The van der Waals surface area contributed by atoms with E-state index in [1.54, 1.807) is 19.1 Å². The van der Waals surface area contributed by atoms with Crippen LogP contribution in [0.2, 0.25) is 0 Å². The van der Waals surface area contributed by atoms with Crippen LogP contribution in [0, 0.1) is 6.92 Å². The highest BCUT2D eigenvalue weighted by atomic mass is 32.2. The van der Waals surface area contributed by atoms with E-state index in [0.29, 0.717) is 11.3 Å². The summed E-state index contributed by atoms with van der Waals surface area (Å²) in [4.78, 5) is 0.141. The zero-order chi connectivity index (χ0) is 13.3. The van der Waals surface area contributed by atoms with Gasteiger partial charge in [-0.05, 0) is 38.5 Å². The van der Waals surface area contributed by atoms with Crippen molar-refractivity contribution in [2.75, 3.05) is 12.3 Å². The fourth-order valence-electron chi connectivity index (χ4n) is 1.26. The predicted octanol–water partition coefficient (Wildman–Crippen LogP) is 0.626. The summed E-state index contributed by atoms with van der Waals surface area (Å²) < 4.78 is 26.3. The molecule has 0 unspecified atom stereocenters. The van der Waals surface area contributed by atoms with Crippen molar-refractivity contribution in [3.63, 3.8) is 0 Å². The molecule has 0 aliphatic carbocycles. The molecule has 4 N–H and O–H groups in total. The summed E-state index contributed by atoms with van der Waals surface area (Å²) in [7, 11) is -3.64. The van der Waals surface area contributed by atoms with Crippen molar-refractivity contribution in [1.29, 1.82) is 0 Å². The van der Waals surface area contributed by atoms with E-state index in [1.165, 1.54) is 19.9 Å². The van der Waals surface area contributed by atoms with Crippen molar-refractivity contribution < 1.29 is 13.5 Å². The summed E-state index contributed by atoms with van der Waals surface area (Å²) in [6.07, 6.45) is 0. The normalized spacial score (nSPS) is 12.7. The fourth-order valence-corrected chi connectivity index (χ4v) is 2.74. The number of hydrogen-bond acceptors (Lipinski definition) is 4. The molecule has 0 saturated heterocycles. The second-order valence-electron chi connectivity index (χ2n) is 4.66. The lowest BCUT2D eigenvalue weighted by Gasteiger charge is -2.18. The summed E-state index contributed by atoms with van der Waals surface area (Å²) in [6, 6.07) is 4.69. The quantitative estimate of drug-likeness (QED) is 0.690. The summed E-state index contributed by atoms with van der Waals surface area (Å²) in [6.45, 7) is 4.70. The molecule has 0 bridgehead atoms. The molecular weight excluding hydrogens is 240 g/mol. The number of aryl methyl sites for hydroxylation is 1. The summed E-state index contributed by atoms with van der Waals surface area (Å²) in [5.41, 5.74) is 5.47. The zero-order valence-corrected chi connectivity index (χ0v) is 11.0. The van der Waals surface area contributed by atoms with Gasteiger partial charge in [0.15, 0.2) is 0 Å². The first-order valence-electron chi connectivity index (χ1n) is 5.20. The molecule has 0 radical (unpaired) electrons. The van der Waals surface area contributed by atoms with Crippen LogP contribution in [0.5, 0.6) is 0 Å². The Hall–Kier alpha value is -1.11. The summed E-state index contributed by atoms with van der Waals surface area (Å²) in [5.74, 6) is 0. The van der Waals surface area contributed by atoms with Crippen LogP contribution in [0.1, 0.15) is 19.4 Å². The van der Waals surface area contributed by atoms with Crippen LogP contribution in [0.15, 0.2) is 23.1 Å². The molecule has 5 nitrogen and oxygen atoms in total. The van der Waals surface area contributed by atoms with Crippen molar-refractivity contribution in [3.05, 3.63) is 23.8 Å². The molecule has 1 aromatic rings. The molecule has 6 heteroatoms. The highest BCUT2D eigenvalue weighted by Gasteiger charge is 2.21. The Morgan fingerprint density at radius 1 is 1.41 bits per heavy atom. The van der Waals surface area contributed by atoms with Gasteiger partial charge in [0, 0.05) is 12.2 Å². The number of nitrogens with two attached hydrogens (primary N) is 1. The average Bonchev–Trinajstić information content (AvgIpc) is 2.18. The maximum Gasteiger partial charge on any atom is 0.241 e. The Labute approximate surface area is 102 Å². The lowest BCUT2D eigenvalue weighted by Crippen LogP contribution is -2.38. The first-order valence-corrected chi connectivity index (χ1v) is 6.68. The van der Waals surface area contributed by atoms with Crippen molar-refractivity contribution in [2.45, 2.75) is 31.3 Å². The van der Waals surface area contributed by atoms with Gasteiger partial charge in [0.05, 0.1) is 10.5 Å². The number of nitrogen functional groups attached to an aromatic ring is 1. The SMILES string of the molecule is Cc1ccc(N)cc1S(=O)(=O)NCC(C)(C)O. The topological polar surface area (TPSA) is 92.4 Å². The van der Waals surface area contributed by atoms with Crippen molar-refractivity contribution in [1.82, 2.24) is 4.72 Å². The van der Waals surface area contributed by atoms with Crippen LogP contribution in [0.25, 0.3) is 0 Å². The van der Waals surface area contributed by atoms with Crippen LogP contribution >= 0.6 is 0 Å². The molecule has 0 aliphatic heterocycles. The standard InChI is InChI=1S/C11H18N2O3S/c1-8-4-5-9(12)6-10(8)17(15,16)13-7-11(2,3)14/h4-6,13-14H,7,12H2,1-3H3. The molecule has 0 fully saturated rings. The molecule has 1 rings (SSSR count). The molecule has 0 aliphatic rings. The maximum atomic E-state index is 12.0. The molecule has 0 spiro atoms. The number of benzene rings is 1. The van der Waals surface area contributed by atoms with Gasteiger partial charge in [0.25, 0.3) is 0 Å². The maximum absolute atomic E-state index is 12.0. The monoisotopic (exact) mass is 258 g/mol. The molecule has 96 valence electrons. The molecule has 0 atom stereocenters. The minimum atomic E-state index is -3.64. The highest BCUT2D eigenvalue weighted by Crippen LogP contribution is 2.18. The molecule has 0 amide bonds. The zero-order valence-electron chi connectivity index (χ0n) is 10.2. The van der Waals surface area contributed by atoms with Gasteiger partial charge in [-0.2, -0.15) is 0 Å². The van der Waals surface area contributed by atoms with E-state index in [9.17, 15) is 13.5 Å². The smallest absolute Gasteiger partial charge is 0.241 e. The van der Waals surface area contributed by atoms with E-state index < -0.39 is 15.6 Å². The average molecular weight is 258 g/mol. The van der Waals surface area contributed by atoms with E-state index in [0.717, 1.165) is 0 Å². The number of aliphatic hydroxyl groups is 1. The molecule has 0 saturated carbocycles. The first-order chi connectivity index (χ1) is 7.62. The number of nitrogens with one attached hydrogen (secondary N) is 1. The Morgan fingerprint density at radius 3 is 2.53 bits per heavy atom. The van der Waals surface area contributed by atoms with Gasteiger partial charge < -0.3 is 10.8 Å². The lowest BCUT2D eigenvalue weighted by molar-refractivity contribution is 0.0857. The lowest BCUT2D eigenvalue weighted by atomic mass is 10.1. The third-order valence-electron chi connectivity index (χ3n) is 2.20. The van der Waals surface area contributed by atoms with E-state index in [-0.39, 0.29) is 11.4 Å². The Bertz CT molecular complexity index is 504. The van der Waals surface area contributed by atoms with Crippen LogP contribution < -0.4 is 10.5 Å². The predicted molar refractivity (Wildman–Crippen MR) is 67.1 cm³/mol. The van der Waals surface area contributed by atoms with Gasteiger partial charge in [0.2, 0.25) is 10.0 Å². The van der Waals surface area contributed by atoms with Gasteiger partial charge in [0.1, 0.15) is 0 Å². The van der Waals surface area contributed by atoms with Crippen molar-refractivity contribution in [3.8, 4) is 0 Å². The molecule has 1 aromatic carbocycles. The van der Waals surface area contributed by atoms with E-state index in [2.05, 4.69) is 4.72 Å². The van der Waals surface area contributed by atoms with Gasteiger partial charge in [-0.25, -0.2) is 13.1 Å². The molecular formula is C11H18N2O3S. The first kappa shape index (κ1) is 14.0. The molecule has 0 heterocycles. The number of anilines is 1. The van der Waals surface area contributed by atoms with Gasteiger partial charge in [-0.3, -0.25) is 0 Å². The third-order valence-corrected chi connectivity index (χ3v) is 3.74. The second-order valence-corrected chi connectivity index (χ2v) is 6.40. The van der Waals surface area contributed by atoms with Gasteiger partial charge >= 0.3 is 0 Å². The number of sulfonamides is 1. The third kappa shape index (κ3) is 3.99. The van der Waals surface area contributed by atoms with Crippen LogP contribution in [0.3, 0.4) is 0 Å². The summed E-state index contributed by atoms with van der Waals surface area (Å²) in [5, 5.41) is 9.50. The Balaban J connectivity index is 3.02. The van der Waals surface area contributed by atoms with E-state index in [1.807, 2.05) is 0 Å². The van der Waals surface area contributed by atoms with Crippen LogP contribution in [-0.2, 0) is 10.0 Å². The van der Waals surface area contributed by atoms with Crippen LogP contribution in [-0.4, -0.2) is 25.7 Å². The number of rotatable bonds is 4. The Morgan fingerprint density at radius 2 is 2.00 bits per heavy atom. The largest absolute Gasteiger partial charge is 0.399 e. The minimum absolute atomic E-state index is 0.0520. The highest BCUT2D eigenvalue weighted by molar-refractivity contribution is 7.89. The van der Waals surface area contributed by atoms with Crippen molar-refractivity contribution >= 4 is 15.7 Å². The molecule has 17 heavy (non-hydrogen) atoms. The number of hydrogen-bond donors (Lipinski definition) is 3. The summed E-state index contributed by atoms with van der Waals surface area (Å²) >= 11 is 0. The van der Waals surface area contributed by atoms with Crippen molar-refractivity contribution in [2.24, 2.45) is 0 Å². The fraction of sp³-hybridized carbons (Fsp3) is 0.455. The Kier molecular flexibility index (Phi) is 3.81. The molecule has 0 aromatic heterocycles. The van der Waals surface area contributed by atoms with Crippen LogP contribution in [0.4, 0.5) is 5.69 Å².